The molecular formula is C39H43N3O8. The number of benzene rings is 4. The van der Waals surface area contributed by atoms with Crippen molar-refractivity contribution in [3.8, 4) is 34.5 Å². The summed E-state index contributed by atoms with van der Waals surface area (Å²) in [5.74, 6) is 3.75. The molecule has 1 amide bonds. The van der Waals surface area contributed by atoms with Crippen molar-refractivity contribution >= 4 is 17.3 Å². The van der Waals surface area contributed by atoms with E-state index in [4.69, 9.17) is 33.3 Å². The largest absolute Gasteiger partial charge is 0.493 e. The number of anilines is 1. The van der Waals surface area contributed by atoms with Crippen LogP contribution in [0.2, 0.25) is 0 Å². The minimum Gasteiger partial charge on any atom is -0.493 e. The first-order valence-electron chi connectivity index (χ1n) is 16.6. The second kappa shape index (κ2) is 15.3. The molecule has 0 bridgehead atoms. The van der Waals surface area contributed by atoms with Crippen LogP contribution < -0.4 is 39.1 Å². The Morgan fingerprint density at radius 2 is 1.42 bits per heavy atom. The van der Waals surface area contributed by atoms with Crippen LogP contribution in [-0.4, -0.2) is 53.3 Å². The molecule has 0 aliphatic carbocycles. The first-order valence-corrected chi connectivity index (χ1v) is 16.6. The van der Waals surface area contributed by atoms with Gasteiger partial charge in [-0.2, -0.15) is 0 Å². The Morgan fingerprint density at radius 1 is 0.720 bits per heavy atom. The zero-order valence-corrected chi connectivity index (χ0v) is 29.3. The summed E-state index contributed by atoms with van der Waals surface area (Å²) in [6.45, 7) is 4.90. The van der Waals surface area contributed by atoms with Gasteiger partial charge in [-0.05, 0) is 91.9 Å². The highest BCUT2D eigenvalue weighted by Crippen LogP contribution is 2.38. The van der Waals surface area contributed by atoms with Crippen LogP contribution in [0, 0.1) is 13.8 Å². The zero-order chi connectivity index (χ0) is 35.2. The van der Waals surface area contributed by atoms with Crippen LogP contribution in [-0.2, 0) is 4.84 Å². The first kappa shape index (κ1) is 34.3. The topological polar surface area (TPSA) is 118 Å². The zero-order valence-electron chi connectivity index (χ0n) is 29.3. The number of carbonyl (C=O) groups is 1. The minimum atomic E-state index is -0.384. The molecular weight excluding hydrogens is 638 g/mol. The molecule has 4 aromatic carbocycles. The van der Waals surface area contributed by atoms with Gasteiger partial charge in [-0.25, -0.2) is 0 Å². The van der Waals surface area contributed by atoms with E-state index in [1.54, 1.807) is 28.4 Å². The normalized spacial score (nSPS) is 16.3. The van der Waals surface area contributed by atoms with Crippen molar-refractivity contribution in [2.24, 2.45) is 5.16 Å². The number of fused-ring (bicyclic) bond motifs is 1. The van der Waals surface area contributed by atoms with Crippen LogP contribution >= 0.6 is 0 Å². The number of methoxy groups -OCH3 is 4. The molecule has 0 saturated heterocycles. The molecule has 2 N–H and O–H groups in total. The highest BCUT2D eigenvalue weighted by Gasteiger charge is 2.27. The van der Waals surface area contributed by atoms with E-state index in [0.29, 0.717) is 59.7 Å². The molecule has 11 heteroatoms. The van der Waals surface area contributed by atoms with Crippen LogP contribution in [0.5, 0.6) is 34.5 Å². The van der Waals surface area contributed by atoms with Gasteiger partial charge in [0.15, 0.2) is 40.6 Å². The third-order valence-corrected chi connectivity index (χ3v) is 8.80. The fourth-order valence-electron chi connectivity index (χ4n) is 6.14. The van der Waals surface area contributed by atoms with Crippen molar-refractivity contribution in [3.05, 3.63) is 100 Å². The molecule has 4 aromatic rings. The monoisotopic (exact) mass is 681 g/mol. The first-order chi connectivity index (χ1) is 24.3. The highest BCUT2D eigenvalue weighted by atomic mass is 16.6. The number of rotatable bonds is 14. The lowest BCUT2D eigenvalue weighted by Crippen LogP contribution is -2.38. The van der Waals surface area contributed by atoms with Gasteiger partial charge in [-0.15, -0.1) is 0 Å². The van der Waals surface area contributed by atoms with Crippen LogP contribution in [0.1, 0.15) is 69.7 Å². The summed E-state index contributed by atoms with van der Waals surface area (Å²) in [6.07, 6.45) is 1.48. The number of oxime groups is 1. The lowest BCUT2D eigenvalue weighted by Gasteiger charge is -2.28. The highest BCUT2D eigenvalue weighted by molar-refractivity contribution is 6.02. The van der Waals surface area contributed by atoms with E-state index in [1.807, 2.05) is 80.6 Å². The maximum atomic E-state index is 12.7. The lowest BCUT2D eigenvalue weighted by atomic mass is 9.98. The molecule has 0 fully saturated rings. The smallest absolute Gasteiger partial charge is 0.255 e. The summed E-state index contributed by atoms with van der Waals surface area (Å²) in [7, 11) is 6.48. The molecule has 0 spiro atoms. The van der Waals surface area contributed by atoms with E-state index in [0.717, 1.165) is 52.1 Å². The Labute approximate surface area is 292 Å². The minimum absolute atomic E-state index is 0.116. The molecule has 2 unspecified atom stereocenters. The van der Waals surface area contributed by atoms with Crippen molar-refractivity contribution < 1.29 is 38.1 Å². The van der Waals surface area contributed by atoms with Gasteiger partial charge in [-0.3, -0.25) is 4.79 Å². The van der Waals surface area contributed by atoms with Gasteiger partial charge in [-0.1, -0.05) is 28.9 Å². The summed E-state index contributed by atoms with van der Waals surface area (Å²) >= 11 is 0. The quantitative estimate of drug-likeness (QED) is 0.132. The van der Waals surface area contributed by atoms with Gasteiger partial charge in [0, 0.05) is 17.7 Å². The fraction of sp³-hybridized carbons (Fsp3) is 0.333. The molecule has 0 saturated carbocycles. The van der Waals surface area contributed by atoms with Gasteiger partial charge in [0.25, 0.3) is 5.91 Å². The van der Waals surface area contributed by atoms with Crippen LogP contribution in [0.15, 0.2) is 71.9 Å². The number of amides is 1. The Hall–Kier alpha value is -5.58. The Bertz CT molecular complexity index is 1890. The Morgan fingerprint density at radius 3 is 2.16 bits per heavy atom. The number of ether oxygens (including phenoxy) is 6. The van der Waals surface area contributed by atoms with Crippen molar-refractivity contribution in [1.82, 2.24) is 5.32 Å². The molecule has 2 heterocycles. The van der Waals surface area contributed by atoms with Gasteiger partial charge in [0.05, 0.1) is 52.9 Å². The molecule has 0 aromatic heterocycles. The summed E-state index contributed by atoms with van der Waals surface area (Å²) in [5.41, 5.74) is 6.99. The third-order valence-electron chi connectivity index (χ3n) is 8.80. The number of unbranched alkanes of at least 4 members (excludes halogenated alkanes) is 1. The molecule has 11 nitrogen and oxygen atoms in total. The maximum Gasteiger partial charge on any atom is 0.255 e. The molecule has 2 aliphatic heterocycles. The van der Waals surface area contributed by atoms with Gasteiger partial charge in [0.1, 0.15) is 6.17 Å². The Kier molecular flexibility index (Phi) is 10.5. The van der Waals surface area contributed by atoms with Crippen LogP contribution in [0.25, 0.3) is 0 Å². The van der Waals surface area contributed by atoms with E-state index in [2.05, 4.69) is 15.8 Å². The van der Waals surface area contributed by atoms with Crippen LogP contribution in [0.3, 0.4) is 0 Å². The lowest BCUT2D eigenvalue weighted by molar-refractivity contribution is 0.0854. The van der Waals surface area contributed by atoms with E-state index >= 15 is 0 Å². The van der Waals surface area contributed by atoms with Gasteiger partial charge in [0.2, 0.25) is 0 Å². The standard InChI is InChI=1S/C39H43N3O8/c1-23-9-12-29-28(17-23)39(43)41-38(40-29)26-11-14-32(34(20-26)45-4)48-15-7-8-16-49-35-19-25(10-13-31(35)44-3)33-22-30(42-50-33)27-18-24(2)37(47-6)36(21-27)46-5/h9-14,17-21,33,38,40H,7-8,15-16,22H2,1-6H3,(H,41,43). The third kappa shape index (κ3) is 7.36. The number of nitrogens with one attached hydrogen (secondary N) is 2. The van der Waals surface area contributed by atoms with E-state index in [9.17, 15) is 4.79 Å². The van der Waals surface area contributed by atoms with Gasteiger partial charge < -0.3 is 43.9 Å². The molecule has 0 radical (unpaired) electrons. The van der Waals surface area contributed by atoms with Crippen molar-refractivity contribution in [2.75, 3.05) is 47.0 Å². The molecule has 50 heavy (non-hydrogen) atoms. The molecule has 6 rings (SSSR count). The number of carbonyl (C=O) groups excluding carboxylic acids is 1. The van der Waals surface area contributed by atoms with Crippen molar-refractivity contribution in [2.45, 2.75) is 45.4 Å². The van der Waals surface area contributed by atoms with Crippen molar-refractivity contribution in [3.63, 3.8) is 0 Å². The van der Waals surface area contributed by atoms with E-state index < -0.39 is 0 Å². The summed E-state index contributed by atoms with van der Waals surface area (Å²) in [4.78, 5) is 18.6. The average molecular weight is 682 g/mol. The maximum absolute atomic E-state index is 12.7. The SMILES string of the molecule is COc1cc(C2NC(=O)c3cc(C)ccc3N2)ccc1OCCCCOc1cc(C2CC(c3cc(C)c(OC)c(OC)c3)=NO2)ccc1OC. The van der Waals surface area contributed by atoms with Gasteiger partial charge >= 0.3 is 0 Å². The van der Waals surface area contributed by atoms with Crippen LogP contribution in [0.4, 0.5) is 5.69 Å². The summed E-state index contributed by atoms with van der Waals surface area (Å²) in [6, 6.07) is 21.2. The van der Waals surface area contributed by atoms with Crippen molar-refractivity contribution in [1.29, 1.82) is 0 Å². The number of aryl methyl sites for hydroxylation is 2. The van der Waals surface area contributed by atoms with E-state index in [1.165, 1.54) is 0 Å². The predicted octanol–water partition coefficient (Wildman–Crippen LogP) is 7.30. The molecule has 262 valence electrons. The second-order valence-corrected chi connectivity index (χ2v) is 12.2. The van der Waals surface area contributed by atoms with E-state index in [-0.39, 0.29) is 18.2 Å². The summed E-state index contributed by atoms with van der Waals surface area (Å²) in [5, 5.41) is 10.8. The Balaban J connectivity index is 1.00. The number of nitrogens with zero attached hydrogens (tertiary/aromatic N) is 1. The predicted molar refractivity (Wildman–Crippen MR) is 190 cm³/mol. The molecule has 2 atom stereocenters. The fourth-order valence-corrected chi connectivity index (χ4v) is 6.14. The average Bonchev–Trinajstić information content (AvgIpc) is 3.63. The number of hydrogen-bond donors (Lipinski definition) is 2. The second-order valence-electron chi connectivity index (χ2n) is 12.2. The number of hydrogen-bond acceptors (Lipinski definition) is 10. The summed E-state index contributed by atoms with van der Waals surface area (Å²) < 4.78 is 34.4. The molecule has 2 aliphatic rings.